The number of esters is 3. The lowest BCUT2D eigenvalue weighted by molar-refractivity contribution is -0.167. The first-order chi connectivity index (χ1) is 27.2. The first-order valence-corrected chi connectivity index (χ1v) is 24.7. The van der Waals surface area contributed by atoms with E-state index < -0.39 is 6.10 Å². The van der Waals surface area contributed by atoms with Crippen LogP contribution in [0.15, 0.2) is 0 Å². The summed E-state index contributed by atoms with van der Waals surface area (Å²) in [5, 5.41) is 0. The maximum absolute atomic E-state index is 12.7. The third-order valence-corrected chi connectivity index (χ3v) is 11.2. The zero-order valence-corrected chi connectivity index (χ0v) is 38.3. The number of ether oxygens (including phenoxy) is 3. The van der Waals surface area contributed by atoms with Gasteiger partial charge in [-0.1, -0.05) is 234 Å². The van der Waals surface area contributed by atoms with E-state index >= 15 is 0 Å². The Bertz CT molecular complexity index is 854. The minimum absolute atomic E-state index is 0.0646. The summed E-state index contributed by atoms with van der Waals surface area (Å²) in [4.78, 5) is 37.8. The molecule has 0 aromatic heterocycles. The molecule has 0 saturated carbocycles. The molecule has 332 valence electrons. The van der Waals surface area contributed by atoms with Crippen molar-refractivity contribution in [3.05, 3.63) is 0 Å². The molecule has 0 bridgehead atoms. The van der Waals surface area contributed by atoms with E-state index in [0.29, 0.717) is 19.3 Å². The Hall–Kier alpha value is -1.59. The van der Waals surface area contributed by atoms with Crippen LogP contribution in [0, 0.1) is 11.8 Å². The van der Waals surface area contributed by atoms with E-state index in [4.69, 9.17) is 14.2 Å². The predicted molar refractivity (Wildman–Crippen MR) is 238 cm³/mol. The highest BCUT2D eigenvalue weighted by Crippen LogP contribution is 2.17. The largest absolute Gasteiger partial charge is 0.462 e. The van der Waals surface area contributed by atoms with Gasteiger partial charge in [0.2, 0.25) is 0 Å². The van der Waals surface area contributed by atoms with E-state index in [9.17, 15) is 14.4 Å². The molecule has 0 fully saturated rings. The van der Waals surface area contributed by atoms with Gasteiger partial charge in [0.15, 0.2) is 6.10 Å². The van der Waals surface area contributed by atoms with Crippen molar-refractivity contribution in [2.24, 2.45) is 11.8 Å². The Balaban J connectivity index is 4.30. The SMILES string of the molecule is CCCCCCCCCCCCCCCCCC(=O)OC[C@H](COC(=O)CCCCCCCCCC(C)C)OC(=O)CCCCCCCCCCCCC(C)C. The maximum Gasteiger partial charge on any atom is 0.306 e. The van der Waals surface area contributed by atoms with E-state index in [1.54, 1.807) is 0 Å². The van der Waals surface area contributed by atoms with Gasteiger partial charge in [-0.3, -0.25) is 14.4 Å². The van der Waals surface area contributed by atoms with Crippen LogP contribution in [0.2, 0.25) is 0 Å². The molecule has 6 nitrogen and oxygen atoms in total. The normalized spacial score (nSPS) is 12.1. The van der Waals surface area contributed by atoms with Crippen LogP contribution in [0.3, 0.4) is 0 Å². The summed E-state index contributed by atoms with van der Waals surface area (Å²) in [5.74, 6) is 0.743. The van der Waals surface area contributed by atoms with Crippen LogP contribution in [-0.4, -0.2) is 37.2 Å². The van der Waals surface area contributed by atoms with E-state index in [-0.39, 0.29) is 31.1 Å². The van der Waals surface area contributed by atoms with Gasteiger partial charge >= 0.3 is 17.9 Å². The second kappa shape index (κ2) is 43.0. The Morgan fingerprint density at radius 2 is 0.589 bits per heavy atom. The van der Waals surface area contributed by atoms with Gasteiger partial charge in [-0.25, -0.2) is 0 Å². The maximum atomic E-state index is 12.7. The van der Waals surface area contributed by atoms with Gasteiger partial charge in [-0.2, -0.15) is 0 Å². The monoisotopic (exact) mass is 793 g/mol. The molecule has 56 heavy (non-hydrogen) atoms. The Labute approximate surface area is 348 Å². The van der Waals surface area contributed by atoms with Crippen LogP contribution in [0.1, 0.15) is 272 Å². The van der Waals surface area contributed by atoms with Gasteiger partial charge < -0.3 is 14.2 Å². The predicted octanol–water partition coefficient (Wildman–Crippen LogP) is 15.8. The average molecular weight is 793 g/mol. The molecule has 0 rings (SSSR count). The fourth-order valence-corrected chi connectivity index (χ4v) is 7.46. The summed E-state index contributed by atoms with van der Waals surface area (Å²) in [6.45, 7) is 11.3. The minimum atomic E-state index is -0.761. The molecule has 0 radical (unpaired) electrons. The number of hydrogen-bond donors (Lipinski definition) is 0. The van der Waals surface area contributed by atoms with Crippen LogP contribution >= 0.6 is 0 Å². The number of carbonyl (C=O) groups is 3. The Kier molecular flexibility index (Phi) is 41.8. The molecular weight excluding hydrogens is 697 g/mol. The molecule has 0 aliphatic rings. The quantitative estimate of drug-likeness (QED) is 0.0347. The lowest BCUT2D eigenvalue weighted by atomic mass is 10.0. The third kappa shape index (κ3) is 43.5. The van der Waals surface area contributed by atoms with Gasteiger partial charge in [-0.15, -0.1) is 0 Å². The van der Waals surface area contributed by atoms with Gasteiger partial charge in [0, 0.05) is 19.3 Å². The lowest BCUT2D eigenvalue weighted by Crippen LogP contribution is -2.30. The average Bonchev–Trinajstić information content (AvgIpc) is 3.16. The van der Waals surface area contributed by atoms with Crippen LogP contribution in [0.4, 0.5) is 0 Å². The molecular formula is C50H96O6. The molecule has 0 saturated heterocycles. The fourth-order valence-electron chi connectivity index (χ4n) is 7.46. The molecule has 0 aromatic carbocycles. The van der Waals surface area contributed by atoms with Crippen molar-refractivity contribution in [1.29, 1.82) is 0 Å². The van der Waals surface area contributed by atoms with Crippen molar-refractivity contribution in [3.63, 3.8) is 0 Å². The van der Waals surface area contributed by atoms with E-state index in [2.05, 4.69) is 34.6 Å². The van der Waals surface area contributed by atoms with Gasteiger partial charge in [-0.05, 0) is 31.1 Å². The topological polar surface area (TPSA) is 78.9 Å². The van der Waals surface area contributed by atoms with Crippen molar-refractivity contribution in [2.75, 3.05) is 13.2 Å². The molecule has 0 aromatic rings. The van der Waals surface area contributed by atoms with Crippen molar-refractivity contribution in [3.8, 4) is 0 Å². The molecule has 0 unspecified atom stereocenters. The highest BCUT2D eigenvalue weighted by atomic mass is 16.6. The van der Waals surface area contributed by atoms with Crippen LogP contribution in [0.5, 0.6) is 0 Å². The second-order valence-corrected chi connectivity index (χ2v) is 18.1. The van der Waals surface area contributed by atoms with Gasteiger partial charge in [0.1, 0.15) is 13.2 Å². The number of carbonyl (C=O) groups excluding carboxylic acids is 3. The van der Waals surface area contributed by atoms with Crippen molar-refractivity contribution in [1.82, 2.24) is 0 Å². The zero-order chi connectivity index (χ0) is 41.2. The van der Waals surface area contributed by atoms with Gasteiger partial charge in [0.05, 0.1) is 0 Å². The molecule has 0 heterocycles. The number of rotatable bonds is 44. The van der Waals surface area contributed by atoms with Crippen molar-refractivity contribution >= 4 is 17.9 Å². The Morgan fingerprint density at radius 3 is 0.875 bits per heavy atom. The molecule has 0 spiro atoms. The van der Waals surface area contributed by atoms with E-state index in [1.165, 1.54) is 161 Å². The van der Waals surface area contributed by atoms with E-state index in [0.717, 1.165) is 69.6 Å². The zero-order valence-electron chi connectivity index (χ0n) is 38.3. The summed E-state index contributed by atoms with van der Waals surface area (Å²) >= 11 is 0. The molecule has 0 aliphatic carbocycles. The van der Waals surface area contributed by atoms with Crippen LogP contribution in [0.25, 0.3) is 0 Å². The third-order valence-electron chi connectivity index (χ3n) is 11.2. The minimum Gasteiger partial charge on any atom is -0.462 e. The highest BCUT2D eigenvalue weighted by molar-refractivity contribution is 5.71. The first-order valence-electron chi connectivity index (χ1n) is 24.7. The fraction of sp³-hybridized carbons (Fsp3) is 0.940. The van der Waals surface area contributed by atoms with Crippen molar-refractivity contribution in [2.45, 2.75) is 278 Å². The molecule has 0 N–H and O–H groups in total. The summed E-state index contributed by atoms with van der Waals surface area (Å²) in [5.41, 5.74) is 0. The molecule has 6 heteroatoms. The molecule has 1 atom stereocenters. The van der Waals surface area contributed by atoms with Crippen LogP contribution in [-0.2, 0) is 28.6 Å². The first kappa shape index (κ1) is 54.4. The standard InChI is InChI=1S/C50H96O6/c1-6-7-8-9-10-11-12-13-14-15-16-20-25-30-35-40-48(51)54-43-47(44-55-49(52)41-36-31-27-22-24-29-34-39-46(4)5)56-50(53)42-37-32-26-21-18-17-19-23-28-33-38-45(2)3/h45-47H,6-44H2,1-5H3/t47-/m1/s1. The highest BCUT2D eigenvalue weighted by Gasteiger charge is 2.19. The summed E-state index contributed by atoms with van der Waals surface area (Å²) in [6.07, 6.45) is 42.4. The number of unbranched alkanes of at least 4 members (excludes halogenated alkanes) is 29. The van der Waals surface area contributed by atoms with Gasteiger partial charge in [0.25, 0.3) is 0 Å². The summed E-state index contributed by atoms with van der Waals surface area (Å²) in [6, 6.07) is 0. The second-order valence-electron chi connectivity index (χ2n) is 18.1. The van der Waals surface area contributed by atoms with Crippen LogP contribution < -0.4 is 0 Å². The summed E-state index contributed by atoms with van der Waals surface area (Å²) in [7, 11) is 0. The summed E-state index contributed by atoms with van der Waals surface area (Å²) < 4.78 is 16.8. The lowest BCUT2D eigenvalue weighted by Gasteiger charge is -2.18. The number of hydrogen-bond acceptors (Lipinski definition) is 6. The molecule has 0 amide bonds. The van der Waals surface area contributed by atoms with Crippen molar-refractivity contribution < 1.29 is 28.6 Å². The smallest absolute Gasteiger partial charge is 0.306 e. The Morgan fingerprint density at radius 1 is 0.339 bits per heavy atom. The van der Waals surface area contributed by atoms with E-state index in [1.807, 2.05) is 0 Å². The molecule has 0 aliphatic heterocycles.